The van der Waals surface area contributed by atoms with Gasteiger partial charge in [0.1, 0.15) is 17.5 Å². The van der Waals surface area contributed by atoms with Crippen molar-refractivity contribution in [3.05, 3.63) is 65.2 Å². The van der Waals surface area contributed by atoms with Crippen molar-refractivity contribution in [1.29, 1.82) is 0 Å². The van der Waals surface area contributed by atoms with Crippen molar-refractivity contribution in [2.45, 2.75) is 12.5 Å². The van der Waals surface area contributed by atoms with Crippen LogP contribution in [0.2, 0.25) is 0 Å². The number of hydrogen-bond donors (Lipinski definition) is 1. The van der Waals surface area contributed by atoms with E-state index in [2.05, 4.69) is 10.3 Å². The van der Waals surface area contributed by atoms with Gasteiger partial charge in [-0.15, -0.1) is 0 Å². The summed E-state index contributed by atoms with van der Waals surface area (Å²) in [6.07, 6.45) is 1.48. The highest BCUT2D eigenvalue weighted by Crippen LogP contribution is 2.18. The second-order valence-corrected chi connectivity index (χ2v) is 4.22. The Morgan fingerprint density at radius 1 is 1.05 bits per heavy atom. The summed E-state index contributed by atoms with van der Waals surface area (Å²) < 4.78 is 39.0. The van der Waals surface area contributed by atoms with Gasteiger partial charge in [-0.25, -0.2) is 13.2 Å². The lowest BCUT2D eigenvalue weighted by molar-refractivity contribution is 0.551. The fourth-order valence-corrected chi connectivity index (χ4v) is 1.91. The molecule has 0 radical (unpaired) electrons. The van der Waals surface area contributed by atoms with Crippen molar-refractivity contribution in [2.75, 3.05) is 7.05 Å². The van der Waals surface area contributed by atoms with Crippen LogP contribution in [0.1, 0.15) is 17.3 Å². The maximum atomic E-state index is 13.1. The largest absolute Gasteiger partial charge is 0.311 e. The highest BCUT2D eigenvalue weighted by atomic mass is 19.1. The number of benzene rings is 1. The van der Waals surface area contributed by atoms with E-state index in [1.165, 1.54) is 18.2 Å². The molecule has 2 aromatic rings. The predicted molar refractivity (Wildman–Crippen MR) is 66.1 cm³/mol. The van der Waals surface area contributed by atoms with Crippen molar-refractivity contribution >= 4 is 0 Å². The lowest BCUT2D eigenvalue weighted by Gasteiger charge is -2.15. The van der Waals surface area contributed by atoms with Crippen LogP contribution >= 0.6 is 0 Å². The molecule has 0 saturated heterocycles. The smallest absolute Gasteiger partial charge is 0.141 e. The lowest BCUT2D eigenvalue weighted by Crippen LogP contribution is -2.20. The molecule has 1 aromatic carbocycles. The Hall–Kier alpha value is -1.88. The number of nitrogens with zero attached hydrogens (tertiary/aromatic N) is 1. The number of hydrogen-bond acceptors (Lipinski definition) is 2. The molecule has 0 aliphatic carbocycles. The van der Waals surface area contributed by atoms with Crippen LogP contribution in [0.3, 0.4) is 0 Å². The third kappa shape index (κ3) is 3.54. The molecule has 0 spiro atoms. The molecule has 0 aliphatic heterocycles. The summed E-state index contributed by atoms with van der Waals surface area (Å²) in [7, 11) is 1.71. The van der Waals surface area contributed by atoms with Crippen LogP contribution in [0, 0.1) is 17.5 Å². The molecule has 1 atom stereocenters. The van der Waals surface area contributed by atoms with E-state index in [0.29, 0.717) is 17.7 Å². The Morgan fingerprint density at radius 3 is 2.26 bits per heavy atom. The average molecular weight is 266 g/mol. The highest BCUT2D eigenvalue weighted by Gasteiger charge is 2.13. The number of rotatable bonds is 4. The lowest BCUT2D eigenvalue weighted by atomic mass is 10.0. The average Bonchev–Trinajstić information content (AvgIpc) is 2.36. The van der Waals surface area contributed by atoms with E-state index in [1.807, 2.05) is 0 Å². The van der Waals surface area contributed by atoms with Gasteiger partial charge in [-0.1, -0.05) is 0 Å². The molecule has 0 saturated carbocycles. The van der Waals surface area contributed by atoms with Crippen LogP contribution in [0.25, 0.3) is 0 Å². The molecule has 1 heterocycles. The van der Waals surface area contributed by atoms with E-state index in [0.717, 1.165) is 12.3 Å². The minimum atomic E-state index is -0.614. The molecular weight excluding hydrogens is 253 g/mol. The fourth-order valence-electron chi connectivity index (χ4n) is 1.91. The van der Waals surface area contributed by atoms with Crippen molar-refractivity contribution in [3.63, 3.8) is 0 Å². The van der Waals surface area contributed by atoms with Gasteiger partial charge in [-0.05, 0) is 43.3 Å². The van der Waals surface area contributed by atoms with Crippen LogP contribution in [0.5, 0.6) is 0 Å². The summed E-state index contributed by atoms with van der Waals surface area (Å²) >= 11 is 0. The van der Waals surface area contributed by atoms with Gasteiger partial charge in [0.2, 0.25) is 0 Å². The molecule has 0 amide bonds. The van der Waals surface area contributed by atoms with Crippen molar-refractivity contribution in [1.82, 2.24) is 10.3 Å². The molecule has 1 aromatic heterocycles. The number of likely N-dealkylation sites (N-methyl/N-ethyl adjacent to an activating group) is 1. The zero-order valence-electron chi connectivity index (χ0n) is 10.3. The van der Waals surface area contributed by atoms with E-state index in [9.17, 15) is 13.2 Å². The standard InChI is InChI=1S/C14H13F3N2/c1-18-14(13-3-2-10(15)8-19-13)6-9-4-11(16)7-12(17)5-9/h2-5,7-8,14,18H,6H2,1H3. The number of aromatic nitrogens is 1. The van der Waals surface area contributed by atoms with Gasteiger partial charge in [0.05, 0.1) is 17.9 Å². The van der Waals surface area contributed by atoms with Gasteiger partial charge in [0.15, 0.2) is 0 Å². The van der Waals surface area contributed by atoms with E-state index < -0.39 is 17.5 Å². The van der Waals surface area contributed by atoms with E-state index in [4.69, 9.17) is 0 Å². The molecule has 2 rings (SSSR count). The first kappa shape index (κ1) is 13.5. The number of pyridine rings is 1. The first-order valence-electron chi connectivity index (χ1n) is 5.82. The van der Waals surface area contributed by atoms with Gasteiger partial charge in [0.25, 0.3) is 0 Å². The Labute approximate surface area is 109 Å². The Bertz CT molecular complexity index is 535. The monoisotopic (exact) mass is 266 g/mol. The second kappa shape index (κ2) is 5.84. The fraction of sp³-hybridized carbons (Fsp3) is 0.214. The summed E-state index contributed by atoms with van der Waals surface area (Å²) in [6.45, 7) is 0. The molecular formula is C14H13F3N2. The van der Waals surface area contributed by atoms with Gasteiger partial charge in [0, 0.05) is 6.07 Å². The molecule has 0 bridgehead atoms. The first-order valence-corrected chi connectivity index (χ1v) is 5.82. The highest BCUT2D eigenvalue weighted by molar-refractivity contribution is 5.21. The SMILES string of the molecule is CNC(Cc1cc(F)cc(F)c1)c1ccc(F)cn1. The predicted octanol–water partition coefficient (Wildman–Crippen LogP) is 3.00. The molecule has 1 N–H and O–H groups in total. The summed E-state index contributed by atoms with van der Waals surface area (Å²) in [4.78, 5) is 3.97. The van der Waals surface area contributed by atoms with Gasteiger partial charge < -0.3 is 5.32 Å². The van der Waals surface area contributed by atoms with Crippen LogP contribution in [0.15, 0.2) is 36.5 Å². The minimum Gasteiger partial charge on any atom is -0.311 e. The van der Waals surface area contributed by atoms with Crippen molar-refractivity contribution < 1.29 is 13.2 Å². The topological polar surface area (TPSA) is 24.9 Å². The molecule has 2 nitrogen and oxygen atoms in total. The van der Waals surface area contributed by atoms with E-state index in [-0.39, 0.29) is 6.04 Å². The molecule has 100 valence electrons. The van der Waals surface area contributed by atoms with Crippen LogP contribution in [0.4, 0.5) is 13.2 Å². The zero-order chi connectivity index (χ0) is 13.8. The van der Waals surface area contributed by atoms with E-state index >= 15 is 0 Å². The summed E-state index contributed by atoms with van der Waals surface area (Å²) in [5, 5.41) is 3.00. The van der Waals surface area contributed by atoms with Gasteiger partial charge in [-0.3, -0.25) is 4.98 Å². The minimum absolute atomic E-state index is 0.234. The number of halogens is 3. The Morgan fingerprint density at radius 2 is 1.74 bits per heavy atom. The molecule has 19 heavy (non-hydrogen) atoms. The van der Waals surface area contributed by atoms with Crippen LogP contribution in [-0.4, -0.2) is 12.0 Å². The Kier molecular flexibility index (Phi) is 4.16. The van der Waals surface area contributed by atoms with Crippen LogP contribution in [-0.2, 0) is 6.42 Å². The normalized spacial score (nSPS) is 12.4. The maximum absolute atomic E-state index is 13.1. The molecule has 0 fully saturated rings. The second-order valence-electron chi connectivity index (χ2n) is 4.22. The van der Waals surface area contributed by atoms with E-state index in [1.54, 1.807) is 13.1 Å². The summed E-state index contributed by atoms with van der Waals surface area (Å²) in [5.41, 5.74) is 1.14. The molecule has 5 heteroatoms. The number of nitrogens with one attached hydrogen (secondary N) is 1. The van der Waals surface area contributed by atoms with Gasteiger partial charge >= 0.3 is 0 Å². The Balaban J connectivity index is 2.21. The summed E-state index contributed by atoms with van der Waals surface area (Å²) in [6, 6.07) is 5.99. The summed E-state index contributed by atoms with van der Waals surface area (Å²) in [5.74, 6) is -1.65. The third-order valence-electron chi connectivity index (χ3n) is 2.82. The van der Waals surface area contributed by atoms with Crippen molar-refractivity contribution in [3.8, 4) is 0 Å². The van der Waals surface area contributed by atoms with Crippen molar-refractivity contribution in [2.24, 2.45) is 0 Å². The zero-order valence-corrected chi connectivity index (χ0v) is 10.3. The molecule has 1 unspecified atom stereocenters. The first-order chi connectivity index (χ1) is 9.08. The van der Waals surface area contributed by atoms with Gasteiger partial charge in [-0.2, -0.15) is 0 Å². The van der Waals surface area contributed by atoms with Crippen LogP contribution < -0.4 is 5.32 Å². The quantitative estimate of drug-likeness (QED) is 0.920. The third-order valence-corrected chi connectivity index (χ3v) is 2.82. The maximum Gasteiger partial charge on any atom is 0.141 e. The molecule has 0 aliphatic rings.